The summed E-state index contributed by atoms with van der Waals surface area (Å²) in [5.74, 6) is 0.139. The molecule has 0 aromatic carbocycles. The number of hydrogen-bond acceptors (Lipinski definition) is 4. The van der Waals surface area contributed by atoms with E-state index in [-0.39, 0.29) is 18.0 Å². The van der Waals surface area contributed by atoms with Crippen LogP contribution >= 0.6 is 0 Å². The van der Waals surface area contributed by atoms with Crippen LogP contribution in [0.2, 0.25) is 0 Å². The quantitative estimate of drug-likeness (QED) is 0.770. The van der Waals surface area contributed by atoms with Crippen LogP contribution in [0.3, 0.4) is 0 Å². The van der Waals surface area contributed by atoms with Crippen molar-refractivity contribution in [1.82, 2.24) is 9.62 Å². The molecular formula is C13H25N3O3S. The third kappa shape index (κ3) is 3.32. The van der Waals surface area contributed by atoms with E-state index < -0.39 is 15.4 Å². The average molecular weight is 303 g/mol. The topological polar surface area (TPSA) is 92.5 Å². The van der Waals surface area contributed by atoms with Crippen molar-refractivity contribution in [3.05, 3.63) is 0 Å². The fourth-order valence-corrected chi connectivity index (χ4v) is 4.16. The number of carbonyl (C=O) groups is 1. The van der Waals surface area contributed by atoms with E-state index in [0.717, 1.165) is 19.3 Å². The first-order valence-electron chi connectivity index (χ1n) is 7.24. The van der Waals surface area contributed by atoms with E-state index in [1.54, 1.807) is 0 Å². The highest BCUT2D eigenvalue weighted by atomic mass is 32.2. The molecule has 0 spiro atoms. The molecule has 2 atom stereocenters. The summed E-state index contributed by atoms with van der Waals surface area (Å²) in [4.78, 5) is 14.5. The minimum atomic E-state index is -3.17. The first kappa shape index (κ1) is 15.7. The summed E-state index contributed by atoms with van der Waals surface area (Å²) in [5, 5.41) is 0. The lowest BCUT2D eigenvalue weighted by atomic mass is 9.83. The third-order valence-corrected chi connectivity index (χ3v) is 5.44. The SMILES string of the molecule is CC1(C(=O)N2CCC(NS(C)(=O)=O)CC2)CCCC1N. The Hall–Kier alpha value is -0.660. The maximum atomic E-state index is 12.6. The molecule has 6 nitrogen and oxygen atoms in total. The van der Waals surface area contributed by atoms with Gasteiger partial charge in [0.15, 0.2) is 0 Å². The molecule has 1 saturated carbocycles. The Morgan fingerprint density at radius 2 is 1.90 bits per heavy atom. The van der Waals surface area contributed by atoms with Crippen LogP contribution in [0.1, 0.15) is 39.0 Å². The van der Waals surface area contributed by atoms with Crippen LogP contribution < -0.4 is 10.5 Å². The third-order valence-electron chi connectivity index (χ3n) is 4.68. The van der Waals surface area contributed by atoms with E-state index in [1.165, 1.54) is 6.26 Å². The largest absolute Gasteiger partial charge is 0.342 e. The number of hydrogen-bond donors (Lipinski definition) is 2. The molecule has 0 radical (unpaired) electrons. The maximum absolute atomic E-state index is 12.6. The van der Waals surface area contributed by atoms with Gasteiger partial charge in [-0.2, -0.15) is 0 Å². The van der Waals surface area contributed by atoms with Gasteiger partial charge in [-0.15, -0.1) is 0 Å². The number of likely N-dealkylation sites (tertiary alicyclic amines) is 1. The fraction of sp³-hybridized carbons (Fsp3) is 0.923. The van der Waals surface area contributed by atoms with Crippen molar-refractivity contribution >= 4 is 15.9 Å². The van der Waals surface area contributed by atoms with Crippen LogP contribution in [0.5, 0.6) is 0 Å². The zero-order chi connectivity index (χ0) is 15.0. The zero-order valence-electron chi connectivity index (χ0n) is 12.3. The second-order valence-corrected chi connectivity index (χ2v) is 8.15. The Kier molecular flexibility index (Phi) is 4.41. The number of nitrogens with zero attached hydrogens (tertiary/aromatic N) is 1. The lowest BCUT2D eigenvalue weighted by molar-refractivity contribution is -0.142. The van der Waals surface area contributed by atoms with Gasteiger partial charge >= 0.3 is 0 Å². The van der Waals surface area contributed by atoms with Gasteiger partial charge in [0, 0.05) is 25.2 Å². The Morgan fingerprint density at radius 3 is 2.35 bits per heavy atom. The molecular weight excluding hydrogens is 278 g/mol. The summed E-state index contributed by atoms with van der Waals surface area (Å²) >= 11 is 0. The van der Waals surface area contributed by atoms with Crippen LogP contribution in [0.4, 0.5) is 0 Å². The Morgan fingerprint density at radius 1 is 1.30 bits per heavy atom. The second-order valence-electron chi connectivity index (χ2n) is 6.37. The molecule has 1 aliphatic carbocycles. The van der Waals surface area contributed by atoms with E-state index >= 15 is 0 Å². The van der Waals surface area contributed by atoms with Gasteiger partial charge in [0.05, 0.1) is 11.7 Å². The first-order chi connectivity index (χ1) is 9.22. The monoisotopic (exact) mass is 303 g/mol. The Balaban J connectivity index is 1.92. The van der Waals surface area contributed by atoms with Crippen LogP contribution in [-0.2, 0) is 14.8 Å². The van der Waals surface area contributed by atoms with E-state index in [4.69, 9.17) is 5.73 Å². The molecule has 1 saturated heterocycles. The van der Waals surface area contributed by atoms with Crippen molar-refractivity contribution in [2.24, 2.45) is 11.1 Å². The summed E-state index contributed by atoms with van der Waals surface area (Å²) in [6, 6.07) is -0.110. The van der Waals surface area contributed by atoms with Gasteiger partial charge in [0.1, 0.15) is 0 Å². The molecule has 2 aliphatic rings. The van der Waals surface area contributed by atoms with Crippen molar-refractivity contribution in [1.29, 1.82) is 0 Å². The molecule has 2 rings (SSSR count). The highest BCUT2D eigenvalue weighted by molar-refractivity contribution is 7.88. The van der Waals surface area contributed by atoms with Crippen LogP contribution in [0.15, 0.2) is 0 Å². The van der Waals surface area contributed by atoms with Gasteiger partial charge in [0.25, 0.3) is 0 Å². The molecule has 116 valence electrons. The van der Waals surface area contributed by atoms with E-state index in [1.807, 2.05) is 11.8 Å². The smallest absolute Gasteiger partial charge is 0.230 e. The molecule has 0 bridgehead atoms. The predicted molar refractivity (Wildman–Crippen MR) is 77.5 cm³/mol. The van der Waals surface area contributed by atoms with E-state index in [2.05, 4.69) is 4.72 Å². The summed E-state index contributed by atoms with van der Waals surface area (Å²) in [5.41, 5.74) is 5.66. The minimum absolute atomic E-state index is 0.0538. The highest BCUT2D eigenvalue weighted by Gasteiger charge is 2.45. The standard InChI is InChI=1S/C13H25N3O3S/c1-13(7-3-4-11(13)14)12(17)16-8-5-10(6-9-16)15-20(2,18)19/h10-11,15H,3-9,14H2,1-2H3. The summed E-state index contributed by atoms with van der Waals surface area (Å²) < 4.78 is 25.0. The first-order valence-corrected chi connectivity index (χ1v) is 9.14. The molecule has 7 heteroatoms. The zero-order valence-corrected chi connectivity index (χ0v) is 13.1. The summed E-state index contributed by atoms with van der Waals surface area (Å²) in [6.45, 7) is 3.18. The number of sulfonamides is 1. The number of rotatable bonds is 3. The van der Waals surface area contributed by atoms with Gasteiger partial charge in [-0.25, -0.2) is 13.1 Å². The summed E-state index contributed by atoms with van der Waals surface area (Å²) in [6.07, 6.45) is 5.29. The number of amides is 1. The highest BCUT2D eigenvalue weighted by Crippen LogP contribution is 2.38. The van der Waals surface area contributed by atoms with Crippen molar-refractivity contribution in [3.8, 4) is 0 Å². The van der Waals surface area contributed by atoms with E-state index in [9.17, 15) is 13.2 Å². The van der Waals surface area contributed by atoms with Gasteiger partial charge < -0.3 is 10.6 Å². The van der Waals surface area contributed by atoms with Crippen LogP contribution in [-0.4, -0.2) is 50.7 Å². The molecule has 1 heterocycles. The van der Waals surface area contributed by atoms with Crippen molar-refractivity contribution < 1.29 is 13.2 Å². The predicted octanol–water partition coefficient (Wildman–Crippen LogP) is 0.0441. The summed E-state index contributed by atoms with van der Waals surface area (Å²) in [7, 11) is -3.17. The molecule has 0 aromatic rings. The van der Waals surface area contributed by atoms with Crippen molar-refractivity contribution in [2.45, 2.75) is 51.1 Å². The minimum Gasteiger partial charge on any atom is -0.342 e. The molecule has 20 heavy (non-hydrogen) atoms. The van der Waals surface area contributed by atoms with Gasteiger partial charge in [-0.05, 0) is 32.6 Å². The Labute approximate surface area is 121 Å². The molecule has 1 amide bonds. The lowest BCUT2D eigenvalue weighted by Gasteiger charge is -2.38. The van der Waals surface area contributed by atoms with Crippen LogP contribution in [0, 0.1) is 5.41 Å². The van der Waals surface area contributed by atoms with Crippen molar-refractivity contribution in [2.75, 3.05) is 19.3 Å². The van der Waals surface area contributed by atoms with Crippen molar-refractivity contribution in [3.63, 3.8) is 0 Å². The van der Waals surface area contributed by atoms with E-state index in [0.29, 0.717) is 25.9 Å². The second kappa shape index (κ2) is 5.61. The molecule has 2 fully saturated rings. The lowest BCUT2D eigenvalue weighted by Crippen LogP contribution is -2.53. The normalized spacial score (nSPS) is 32.5. The Bertz CT molecular complexity index is 471. The number of carbonyl (C=O) groups excluding carboxylic acids is 1. The molecule has 0 aromatic heterocycles. The maximum Gasteiger partial charge on any atom is 0.230 e. The number of piperidine rings is 1. The fourth-order valence-electron chi connectivity index (χ4n) is 3.32. The average Bonchev–Trinajstić information content (AvgIpc) is 2.69. The van der Waals surface area contributed by atoms with Gasteiger partial charge in [-0.3, -0.25) is 4.79 Å². The molecule has 2 unspecified atom stereocenters. The van der Waals surface area contributed by atoms with Gasteiger partial charge in [0.2, 0.25) is 15.9 Å². The van der Waals surface area contributed by atoms with Gasteiger partial charge in [-0.1, -0.05) is 6.42 Å². The van der Waals surface area contributed by atoms with Crippen LogP contribution in [0.25, 0.3) is 0 Å². The number of nitrogens with one attached hydrogen (secondary N) is 1. The molecule has 3 N–H and O–H groups in total. The number of nitrogens with two attached hydrogens (primary N) is 1. The molecule has 1 aliphatic heterocycles.